The van der Waals surface area contributed by atoms with Crippen molar-refractivity contribution in [1.82, 2.24) is 9.80 Å². The molecular weight excluding hydrogens is 423 g/mol. The fourth-order valence-corrected chi connectivity index (χ4v) is 6.22. The minimum atomic E-state index is -3.12. The average Bonchev–Trinajstić information content (AvgIpc) is 3.11. The summed E-state index contributed by atoms with van der Waals surface area (Å²) in [6.07, 6.45) is 2.01. The lowest BCUT2D eigenvalue weighted by molar-refractivity contribution is -0.136. The van der Waals surface area contributed by atoms with Crippen molar-refractivity contribution in [2.24, 2.45) is 0 Å². The molecule has 10 heteroatoms. The van der Waals surface area contributed by atoms with Crippen LogP contribution in [0.15, 0.2) is 29.2 Å². The zero-order chi connectivity index (χ0) is 20.5. The van der Waals surface area contributed by atoms with E-state index in [1.54, 1.807) is 25.1 Å². The first-order chi connectivity index (χ1) is 13.2. The Hall–Kier alpha value is -1.78. The molecule has 1 aromatic carbocycles. The second-order valence-corrected chi connectivity index (χ2v) is 10.5. The van der Waals surface area contributed by atoms with Gasteiger partial charge in [-0.25, -0.2) is 12.8 Å². The molecule has 150 valence electrons. The normalized spacial score (nSPS) is 22.9. The van der Waals surface area contributed by atoms with Crippen LogP contribution >= 0.6 is 24.0 Å². The smallest absolute Gasteiger partial charge is 0.266 e. The van der Waals surface area contributed by atoms with Gasteiger partial charge < -0.3 is 4.90 Å². The molecule has 0 unspecified atom stereocenters. The van der Waals surface area contributed by atoms with E-state index >= 15 is 0 Å². The van der Waals surface area contributed by atoms with E-state index in [-0.39, 0.29) is 46.0 Å². The molecule has 0 spiro atoms. The summed E-state index contributed by atoms with van der Waals surface area (Å²) in [7, 11) is -3.12. The number of hydrogen-bond donors (Lipinski definition) is 0. The van der Waals surface area contributed by atoms with Crippen LogP contribution in [0.1, 0.15) is 18.9 Å². The minimum Gasteiger partial charge on any atom is -0.337 e. The molecule has 1 atom stereocenters. The molecule has 2 fully saturated rings. The number of thiocarbonyl (C=S) groups is 1. The van der Waals surface area contributed by atoms with Crippen LogP contribution in [0.4, 0.5) is 4.39 Å². The van der Waals surface area contributed by atoms with Gasteiger partial charge in [-0.2, -0.15) is 0 Å². The summed E-state index contributed by atoms with van der Waals surface area (Å²) in [6.45, 7) is 1.91. The summed E-state index contributed by atoms with van der Waals surface area (Å²) in [6, 6.07) is 5.32. The Morgan fingerprint density at radius 2 is 2.07 bits per heavy atom. The third-order valence-corrected chi connectivity index (χ3v) is 7.77. The zero-order valence-corrected chi connectivity index (χ0v) is 17.6. The molecule has 0 bridgehead atoms. The Kier molecular flexibility index (Phi) is 6.21. The molecule has 0 saturated carbocycles. The predicted molar refractivity (Wildman–Crippen MR) is 111 cm³/mol. The van der Waals surface area contributed by atoms with E-state index in [4.69, 9.17) is 12.2 Å². The molecule has 2 amide bonds. The maximum atomic E-state index is 13.0. The molecule has 0 aromatic heterocycles. The van der Waals surface area contributed by atoms with Crippen LogP contribution in [0.25, 0.3) is 6.08 Å². The Morgan fingerprint density at radius 3 is 2.64 bits per heavy atom. The second kappa shape index (κ2) is 8.30. The van der Waals surface area contributed by atoms with Crippen LogP contribution in [0, 0.1) is 5.82 Å². The van der Waals surface area contributed by atoms with E-state index in [1.165, 1.54) is 21.9 Å². The molecule has 0 aliphatic carbocycles. The number of carbonyl (C=O) groups excluding carboxylic acids is 2. The first-order valence-corrected chi connectivity index (χ1v) is 11.8. The van der Waals surface area contributed by atoms with Gasteiger partial charge in [-0.1, -0.05) is 36.1 Å². The molecule has 6 nitrogen and oxygen atoms in total. The maximum Gasteiger partial charge on any atom is 0.266 e. The van der Waals surface area contributed by atoms with Crippen molar-refractivity contribution in [2.75, 3.05) is 24.6 Å². The summed E-state index contributed by atoms with van der Waals surface area (Å²) in [5, 5.41) is 0. The number of benzene rings is 1. The molecule has 1 aromatic rings. The van der Waals surface area contributed by atoms with Crippen molar-refractivity contribution in [3.63, 3.8) is 0 Å². The van der Waals surface area contributed by atoms with Gasteiger partial charge in [0.25, 0.3) is 5.91 Å². The Morgan fingerprint density at radius 1 is 1.39 bits per heavy atom. The molecule has 0 N–H and O–H groups in total. The molecule has 2 heterocycles. The van der Waals surface area contributed by atoms with Gasteiger partial charge in [0.1, 0.15) is 16.7 Å². The van der Waals surface area contributed by atoms with Gasteiger partial charge in [0.05, 0.1) is 16.4 Å². The van der Waals surface area contributed by atoms with Crippen LogP contribution < -0.4 is 0 Å². The number of carbonyl (C=O) groups is 2. The maximum absolute atomic E-state index is 13.0. The highest BCUT2D eigenvalue weighted by atomic mass is 32.2. The largest absolute Gasteiger partial charge is 0.337 e. The van der Waals surface area contributed by atoms with E-state index in [0.717, 1.165) is 11.8 Å². The van der Waals surface area contributed by atoms with Crippen LogP contribution in [0.2, 0.25) is 0 Å². The summed E-state index contributed by atoms with van der Waals surface area (Å²) in [4.78, 5) is 28.5. The summed E-state index contributed by atoms with van der Waals surface area (Å²) in [5.74, 6) is -1.06. The number of sulfone groups is 1. The van der Waals surface area contributed by atoms with E-state index in [2.05, 4.69) is 0 Å². The highest BCUT2D eigenvalue weighted by Crippen LogP contribution is 2.32. The van der Waals surface area contributed by atoms with Gasteiger partial charge in [-0.05, 0) is 37.1 Å². The number of hydrogen-bond acceptors (Lipinski definition) is 6. The van der Waals surface area contributed by atoms with Gasteiger partial charge in [0.2, 0.25) is 5.91 Å². The van der Waals surface area contributed by atoms with Crippen molar-refractivity contribution in [1.29, 1.82) is 0 Å². The zero-order valence-electron chi connectivity index (χ0n) is 15.1. The van der Waals surface area contributed by atoms with E-state index in [0.29, 0.717) is 23.4 Å². The number of nitrogens with zero attached hydrogens (tertiary/aromatic N) is 2. The molecule has 2 saturated heterocycles. The summed E-state index contributed by atoms with van der Waals surface area (Å²) in [5.41, 5.74) is 0.652. The topological polar surface area (TPSA) is 74.8 Å². The number of likely N-dealkylation sites (N-methyl/N-ethyl adjacent to an activating group) is 1. The van der Waals surface area contributed by atoms with Crippen molar-refractivity contribution < 1.29 is 22.4 Å². The molecule has 2 aliphatic rings. The summed E-state index contributed by atoms with van der Waals surface area (Å²) < 4.78 is 36.7. The minimum absolute atomic E-state index is 0.0462. The van der Waals surface area contributed by atoms with Crippen LogP contribution in [0.5, 0.6) is 0 Å². The first-order valence-electron chi connectivity index (χ1n) is 8.71. The standard InChI is InChI=1S/C18H19FN2O4S3/c1-2-20(14-7-8-28(24,25)11-14)16(22)10-21-17(23)15(27-18(21)26)9-12-3-5-13(19)6-4-12/h3-6,9,14H,2,7-8,10-11H2,1H3/b15-9-/t14-/m1/s1. The van der Waals surface area contributed by atoms with Crippen molar-refractivity contribution >= 4 is 56.0 Å². The lowest BCUT2D eigenvalue weighted by atomic mass is 10.2. The predicted octanol–water partition coefficient (Wildman–Crippen LogP) is 2.06. The highest BCUT2D eigenvalue weighted by molar-refractivity contribution is 8.26. The lowest BCUT2D eigenvalue weighted by Crippen LogP contribution is -2.47. The third-order valence-electron chi connectivity index (χ3n) is 4.64. The molecular formula is C18H19FN2O4S3. The first kappa shape index (κ1) is 20.9. The number of thioether (sulfide) groups is 1. The monoisotopic (exact) mass is 442 g/mol. The third kappa shape index (κ3) is 4.61. The molecule has 28 heavy (non-hydrogen) atoms. The van der Waals surface area contributed by atoms with Gasteiger partial charge in [-0.15, -0.1) is 0 Å². The van der Waals surface area contributed by atoms with Crippen LogP contribution in [0.3, 0.4) is 0 Å². The fraction of sp³-hybridized carbons (Fsp3) is 0.389. The molecule has 2 aliphatic heterocycles. The van der Waals surface area contributed by atoms with Gasteiger partial charge in [0.15, 0.2) is 9.84 Å². The number of halogens is 1. The Balaban J connectivity index is 1.71. The van der Waals surface area contributed by atoms with Crippen LogP contribution in [-0.2, 0) is 19.4 Å². The molecule has 0 radical (unpaired) electrons. The van der Waals surface area contributed by atoms with E-state index in [1.807, 2.05) is 0 Å². The quantitative estimate of drug-likeness (QED) is 0.513. The SMILES string of the molecule is CCN(C(=O)CN1C(=O)/C(=C/c2ccc(F)cc2)SC1=S)[C@@H]1CCS(=O)(=O)C1. The van der Waals surface area contributed by atoms with Gasteiger partial charge in [-0.3, -0.25) is 14.5 Å². The van der Waals surface area contributed by atoms with Crippen molar-refractivity contribution in [3.8, 4) is 0 Å². The Bertz CT molecular complexity index is 944. The second-order valence-electron chi connectivity index (χ2n) is 6.56. The van der Waals surface area contributed by atoms with E-state index < -0.39 is 9.84 Å². The molecule has 3 rings (SSSR count). The van der Waals surface area contributed by atoms with Gasteiger partial charge in [0, 0.05) is 12.6 Å². The lowest BCUT2D eigenvalue weighted by Gasteiger charge is -2.28. The van der Waals surface area contributed by atoms with Crippen LogP contribution in [-0.4, -0.2) is 65.0 Å². The number of amides is 2. The fourth-order valence-electron chi connectivity index (χ4n) is 3.23. The van der Waals surface area contributed by atoms with Crippen molar-refractivity contribution in [3.05, 3.63) is 40.6 Å². The van der Waals surface area contributed by atoms with E-state index in [9.17, 15) is 22.4 Å². The summed E-state index contributed by atoms with van der Waals surface area (Å²) >= 11 is 6.33. The Labute approximate surface area is 172 Å². The van der Waals surface area contributed by atoms with Crippen molar-refractivity contribution in [2.45, 2.75) is 19.4 Å². The number of rotatable bonds is 5. The van der Waals surface area contributed by atoms with Gasteiger partial charge >= 0.3 is 0 Å². The highest BCUT2D eigenvalue weighted by Gasteiger charge is 2.38. The average molecular weight is 443 g/mol.